The molecule has 0 spiro atoms. The molecule has 4 heteroatoms. The summed E-state index contributed by atoms with van der Waals surface area (Å²) >= 11 is 0. The molecule has 1 saturated heterocycles. The summed E-state index contributed by atoms with van der Waals surface area (Å²) in [7, 11) is 0. The Morgan fingerprint density at radius 1 is 1.67 bits per heavy atom. The largest absolute Gasteiger partial charge is 0.369 e. The molecule has 80 valence electrons. The highest BCUT2D eigenvalue weighted by atomic mass is 16.5. The summed E-state index contributed by atoms with van der Waals surface area (Å²) < 4.78 is 5.58. The number of Topliss-reactive ketones (excluding diaryl/α,β-unsaturated/α-hetero) is 1. The smallest absolute Gasteiger partial charge is 0.161 e. The van der Waals surface area contributed by atoms with Crippen LogP contribution in [0.25, 0.3) is 0 Å². The highest BCUT2D eigenvalue weighted by Crippen LogP contribution is 2.20. The van der Waals surface area contributed by atoms with Crippen molar-refractivity contribution in [1.29, 1.82) is 0 Å². The zero-order valence-electron chi connectivity index (χ0n) is 8.69. The first-order valence-corrected chi connectivity index (χ1v) is 5.07. The van der Waals surface area contributed by atoms with Gasteiger partial charge in [-0.15, -0.1) is 0 Å². The quantitative estimate of drug-likeness (QED) is 0.732. The molecule has 2 rings (SSSR count). The van der Waals surface area contributed by atoms with Crippen molar-refractivity contribution in [2.75, 3.05) is 19.7 Å². The van der Waals surface area contributed by atoms with Crippen molar-refractivity contribution < 1.29 is 9.53 Å². The fourth-order valence-corrected chi connectivity index (χ4v) is 1.71. The maximum Gasteiger partial charge on any atom is 0.161 e. The van der Waals surface area contributed by atoms with E-state index in [-0.39, 0.29) is 11.9 Å². The predicted molar refractivity (Wildman–Crippen MR) is 55.8 cm³/mol. The van der Waals surface area contributed by atoms with Gasteiger partial charge in [-0.3, -0.25) is 9.78 Å². The van der Waals surface area contributed by atoms with E-state index in [1.54, 1.807) is 25.3 Å². The van der Waals surface area contributed by atoms with Crippen LogP contribution in [0.2, 0.25) is 0 Å². The lowest BCUT2D eigenvalue weighted by Crippen LogP contribution is -2.34. The van der Waals surface area contributed by atoms with Crippen LogP contribution in [-0.2, 0) is 4.74 Å². The van der Waals surface area contributed by atoms with Crippen LogP contribution < -0.4 is 5.32 Å². The van der Waals surface area contributed by atoms with Gasteiger partial charge in [-0.25, -0.2) is 0 Å². The van der Waals surface area contributed by atoms with Crippen molar-refractivity contribution in [2.45, 2.75) is 13.0 Å². The maximum absolute atomic E-state index is 11.4. The molecular formula is C11H14N2O2. The van der Waals surface area contributed by atoms with Crippen molar-refractivity contribution in [1.82, 2.24) is 10.3 Å². The van der Waals surface area contributed by atoms with Gasteiger partial charge in [0.2, 0.25) is 0 Å². The number of aromatic nitrogens is 1. The molecule has 0 amide bonds. The van der Waals surface area contributed by atoms with Crippen molar-refractivity contribution in [3.8, 4) is 0 Å². The summed E-state index contributed by atoms with van der Waals surface area (Å²) in [6.45, 7) is 3.80. The Bertz CT molecular complexity index is 359. The Morgan fingerprint density at radius 3 is 3.20 bits per heavy atom. The third kappa shape index (κ3) is 2.22. The predicted octanol–water partition coefficient (Wildman–Crippen LogP) is 0.945. The Balaban J connectivity index is 2.29. The zero-order chi connectivity index (χ0) is 10.7. The van der Waals surface area contributed by atoms with Gasteiger partial charge in [0.25, 0.3) is 0 Å². The third-order valence-corrected chi connectivity index (χ3v) is 2.45. The number of rotatable bonds is 2. The molecule has 0 aromatic carbocycles. The van der Waals surface area contributed by atoms with E-state index in [1.807, 2.05) is 0 Å². The zero-order valence-corrected chi connectivity index (χ0v) is 8.69. The van der Waals surface area contributed by atoms with Gasteiger partial charge in [-0.1, -0.05) is 0 Å². The third-order valence-electron chi connectivity index (χ3n) is 2.45. The first-order valence-electron chi connectivity index (χ1n) is 5.07. The van der Waals surface area contributed by atoms with Crippen molar-refractivity contribution in [3.05, 3.63) is 29.6 Å². The molecule has 1 aromatic rings. The molecule has 1 fully saturated rings. The number of hydrogen-bond acceptors (Lipinski definition) is 4. The van der Waals surface area contributed by atoms with E-state index in [2.05, 4.69) is 10.3 Å². The van der Waals surface area contributed by atoms with Gasteiger partial charge in [0.05, 0.1) is 12.3 Å². The van der Waals surface area contributed by atoms with Gasteiger partial charge in [-0.2, -0.15) is 0 Å². The first-order chi connectivity index (χ1) is 7.29. The molecule has 1 aromatic heterocycles. The van der Waals surface area contributed by atoms with Crippen LogP contribution in [0.3, 0.4) is 0 Å². The number of nitrogens with zero attached hydrogens (tertiary/aromatic N) is 1. The minimum atomic E-state index is -0.0983. The molecule has 4 nitrogen and oxygen atoms in total. The van der Waals surface area contributed by atoms with Gasteiger partial charge in [0, 0.05) is 24.8 Å². The molecular weight excluding hydrogens is 192 g/mol. The summed E-state index contributed by atoms with van der Waals surface area (Å²) in [5.41, 5.74) is 1.41. The van der Waals surface area contributed by atoms with Crippen LogP contribution in [-0.4, -0.2) is 30.5 Å². The standard InChI is InChI=1S/C11H14N2O2/c1-8(14)9-3-2-4-13-11(9)10-7-12-5-6-15-10/h2-4,10,12H,5-7H2,1H3. The summed E-state index contributed by atoms with van der Waals surface area (Å²) in [5, 5.41) is 3.22. The van der Waals surface area contributed by atoms with Gasteiger partial charge in [0.1, 0.15) is 6.10 Å². The van der Waals surface area contributed by atoms with E-state index in [4.69, 9.17) is 4.74 Å². The normalized spacial score (nSPS) is 21.3. The Morgan fingerprint density at radius 2 is 2.53 bits per heavy atom. The molecule has 1 atom stereocenters. The molecule has 0 saturated carbocycles. The molecule has 1 aliphatic rings. The summed E-state index contributed by atoms with van der Waals surface area (Å²) in [4.78, 5) is 15.6. The number of morpholine rings is 1. The maximum atomic E-state index is 11.4. The SMILES string of the molecule is CC(=O)c1cccnc1C1CNCCO1. The average molecular weight is 206 g/mol. The van der Waals surface area contributed by atoms with E-state index in [0.717, 1.165) is 18.8 Å². The van der Waals surface area contributed by atoms with E-state index in [0.29, 0.717) is 12.2 Å². The van der Waals surface area contributed by atoms with Gasteiger partial charge in [-0.05, 0) is 19.1 Å². The Labute approximate surface area is 88.7 Å². The van der Waals surface area contributed by atoms with Gasteiger partial charge < -0.3 is 10.1 Å². The molecule has 0 aliphatic carbocycles. The second-order valence-corrected chi connectivity index (χ2v) is 3.56. The number of nitrogens with one attached hydrogen (secondary N) is 1. The van der Waals surface area contributed by atoms with Crippen molar-refractivity contribution >= 4 is 5.78 Å². The van der Waals surface area contributed by atoms with Crippen LogP contribution in [0.15, 0.2) is 18.3 Å². The summed E-state index contributed by atoms with van der Waals surface area (Å²) in [6.07, 6.45) is 1.60. The van der Waals surface area contributed by atoms with E-state index >= 15 is 0 Å². The molecule has 0 radical (unpaired) electrons. The number of ketones is 1. The Kier molecular flexibility index (Phi) is 3.08. The number of carbonyl (C=O) groups excluding carboxylic acids is 1. The highest BCUT2D eigenvalue weighted by Gasteiger charge is 2.21. The lowest BCUT2D eigenvalue weighted by molar-refractivity contribution is 0.0244. The monoisotopic (exact) mass is 206 g/mol. The first kappa shape index (κ1) is 10.3. The fourth-order valence-electron chi connectivity index (χ4n) is 1.71. The van der Waals surface area contributed by atoms with Crippen LogP contribution >= 0.6 is 0 Å². The second kappa shape index (κ2) is 4.51. The van der Waals surface area contributed by atoms with E-state index < -0.39 is 0 Å². The molecule has 1 unspecified atom stereocenters. The molecule has 15 heavy (non-hydrogen) atoms. The number of carbonyl (C=O) groups is 1. The van der Waals surface area contributed by atoms with Gasteiger partial charge >= 0.3 is 0 Å². The molecule has 1 N–H and O–H groups in total. The fraction of sp³-hybridized carbons (Fsp3) is 0.455. The molecule has 0 bridgehead atoms. The number of pyridine rings is 1. The average Bonchev–Trinajstić information content (AvgIpc) is 2.30. The number of hydrogen-bond donors (Lipinski definition) is 1. The van der Waals surface area contributed by atoms with Crippen molar-refractivity contribution in [2.24, 2.45) is 0 Å². The minimum absolute atomic E-state index is 0.0345. The van der Waals surface area contributed by atoms with E-state index in [9.17, 15) is 4.79 Å². The summed E-state index contributed by atoms with van der Waals surface area (Å²) in [5.74, 6) is 0.0345. The lowest BCUT2D eigenvalue weighted by atomic mass is 10.1. The Hall–Kier alpha value is -1.26. The van der Waals surface area contributed by atoms with Gasteiger partial charge in [0.15, 0.2) is 5.78 Å². The highest BCUT2D eigenvalue weighted by molar-refractivity contribution is 5.95. The molecule has 1 aliphatic heterocycles. The second-order valence-electron chi connectivity index (χ2n) is 3.56. The van der Waals surface area contributed by atoms with Crippen LogP contribution in [0.5, 0.6) is 0 Å². The topological polar surface area (TPSA) is 51.2 Å². The van der Waals surface area contributed by atoms with Crippen LogP contribution in [0, 0.1) is 0 Å². The molecule has 2 heterocycles. The number of ether oxygens (including phenoxy) is 1. The van der Waals surface area contributed by atoms with E-state index in [1.165, 1.54) is 0 Å². The van der Waals surface area contributed by atoms with Crippen molar-refractivity contribution in [3.63, 3.8) is 0 Å². The minimum Gasteiger partial charge on any atom is -0.369 e. The van der Waals surface area contributed by atoms with Crippen LogP contribution in [0.1, 0.15) is 29.1 Å². The summed E-state index contributed by atoms with van der Waals surface area (Å²) in [6, 6.07) is 3.57. The lowest BCUT2D eigenvalue weighted by Gasteiger charge is -2.24. The van der Waals surface area contributed by atoms with Crippen LogP contribution in [0.4, 0.5) is 0 Å².